The molecule has 0 aliphatic carbocycles. The maximum absolute atomic E-state index is 11.6. The number of nitrogens with one attached hydrogen (secondary N) is 1. The SMILES string of the molecule is CC(=O)OC[C@H](OC(C)=O)[C@@H](OC(C)=O)[C@@H](OC(C)=O)c1cnc(C(C)=O)[nH]1. The summed E-state index contributed by atoms with van der Waals surface area (Å²) in [4.78, 5) is 63.9. The Morgan fingerprint density at radius 1 is 0.893 bits per heavy atom. The number of esters is 4. The van der Waals surface area contributed by atoms with E-state index in [9.17, 15) is 24.0 Å². The lowest BCUT2D eigenvalue weighted by Crippen LogP contribution is -2.43. The van der Waals surface area contributed by atoms with E-state index in [0.29, 0.717) is 0 Å². The van der Waals surface area contributed by atoms with Gasteiger partial charge in [-0.05, 0) is 0 Å². The lowest BCUT2D eigenvalue weighted by molar-refractivity contribution is -0.190. The van der Waals surface area contributed by atoms with E-state index in [1.165, 1.54) is 13.1 Å². The van der Waals surface area contributed by atoms with Crippen LogP contribution in [0, 0.1) is 0 Å². The zero-order chi connectivity index (χ0) is 21.4. The summed E-state index contributed by atoms with van der Waals surface area (Å²) in [6.45, 7) is 5.28. The summed E-state index contributed by atoms with van der Waals surface area (Å²) in [5, 5.41) is 0. The fourth-order valence-corrected chi connectivity index (χ4v) is 2.28. The fourth-order valence-electron chi connectivity index (χ4n) is 2.28. The molecule has 1 heterocycles. The number of Topliss-reactive ketones (excluding diaryl/α,β-unsaturated/α-hetero) is 1. The maximum atomic E-state index is 11.6. The second-order valence-electron chi connectivity index (χ2n) is 5.80. The molecule has 0 saturated carbocycles. The zero-order valence-corrected chi connectivity index (χ0v) is 16.1. The molecular weight excluding hydrogens is 376 g/mol. The third-order valence-corrected chi connectivity index (χ3v) is 3.26. The number of aromatic nitrogens is 2. The molecule has 0 saturated heterocycles. The van der Waals surface area contributed by atoms with Gasteiger partial charge in [0.2, 0.25) is 0 Å². The van der Waals surface area contributed by atoms with Crippen molar-refractivity contribution in [2.24, 2.45) is 0 Å². The van der Waals surface area contributed by atoms with Crippen LogP contribution in [0.25, 0.3) is 0 Å². The van der Waals surface area contributed by atoms with Crippen molar-refractivity contribution in [3.05, 3.63) is 17.7 Å². The Morgan fingerprint density at radius 2 is 1.46 bits per heavy atom. The number of ether oxygens (including phenoxy) is 4. The standard InChI is InChI=1S/C17H22N2O9/c1-8(20)17-18-6-13(19-17)15(27-11(4)23)16(28-12(5)24)14(26-10(3)22)7-25-9(2)21/h6,14-16H,7H2,1-5H3,(H,18,19)/t14-,15-,16+/m0/s1. The number of imidazole rings is 1. The summed E-state index contributed by atoms with van der Waals surface area (Å²) in [6, 6.07) is 0. The Hall–Kier alpha value is -3.24. The molecule has 0 unspecified atom stereocenters. The molecular formula is C17H22N2O9. The lowest BCUT2D eigenvalue weighted by atomic mass is 10.1. The molecule has 28 heavy (non-hydrogen) atoms. The molecule has 3 atom stereocenters. The Kier molecular flexibility index (Phi) is 8.29. The smallest absolute Gasteiger partial charge is 0.303 e. The number of H-pyrrole nitrogens is 1. The number of carbonyl (C=O) groups is 5. The highest BCUT2D eigenvalue weighted by Crippen LogP contribution is 2.27. The van der Waals surface area contributed by atoms with E-state index in [0.717, 1.165) is 27.7 Å². The number of nitrogens with zero attached hydrogens (tertiary/aromatic N) is 1. The number of carbonyl (C=O) groups excluding carboxylic acids is 5. The molecule has 154 valence electrons. The predicted octanol–water partition coefficient (Wildman–Crippen LogP) is 0.643. The number of ketones is 1. The summed E-state index contributed by atoms with van der Waals surface area (Å²) in [5.74, 6) is -3.32. The molecule has 11 nitrogen and oxygen atoms in total. The monoisotopic (exact) mass is 398 g/mol. The highest BCUT2D eigenvalue weighted by molar-refractivity contribution is 5.90. The van der Waals surface area contributed by atoms with Gasteiger partial charge in [0.25, 0.3) is 0 Å². The van der Waals surface area contributed by atoms with Crippen molar-refractivity contribution in [1.29, 1.82) is 0 Å². The Labute approximate surface area is 160 Å². The van der Waals surface area contributed by atoms with Crippen molar-refractivity contribution in [3.63, 3.8) is 0 Å². The number of aromatic amines is 1. The maximum Gasteiger partial charge on any atom is 0.303 e. The first-order valence-corrected chi connectivity index (χ1v) is 8.22. The highest BCUT2D eigenvalue weighted by Gasteiger charge is 2.40. The van der Waals surface area contributed by atoms with Gasteiger partial charge in [-0.1, -0.05) is 0 Å². The molecule has 0 aliphatic heterocycles. The first-order valence-electron chi connectivity index (χ1n) is 8.22. The quantitative estimate of drug-likeness (QED) is 0.356. The largest absolute Gasteiger partial charge is 0.462 e. The molecule has 11 heteroatoms. The van der Waals surface area contributed by atoms with Gasteiger partial charge in [-0.25, -0.2) is 4.98 Å². The molecule has 0 amide bonds. The summed E-state index contributed by atoms with van der Waals surface area (Å²) in [5.41, 5.74) is 0.117. The van der Waals surface area contributed by atoms with E-state index in [1.54, 1.807) is 0 Å². The van der Waals surface area contributed by atoms with E-state index >= 15 is 0 Å². The van der Waals surface area contributed by atoms with Crippen LogP contribution in [-0.4, -0.2) is 58.4 Å². The third-order valence-electron chi connectivity index (χ3n) is 3.26. The van der Waals surface area contributed by atoms with Crippen molar-refractivity contribution < 1.29 is 42.9 Å². The van der Waals surface area contributed by atoms with Crippen molar-refractivity contribution in [2.75, 3.05) is 6.61 Å². The molecule has 1 aromatic rings. The van der Waals surface area contributed by atoms with Gasteiger partial charge in [0, 0.05) is 34.6 Å². The minimum Gasteiger partial charge on any atom is -0.462 e. The topological polar surface area (TPSA) is 151 Å². The lowest BCUT2D eigenvalue weighted by Gasteiger charge is -2.31. The second kappa shape index (κ2) is 10.2. The van der Waals surface area contributed by atoms with E-state index in [2.05, 4.69) is 9.97 Å². The van der Waals surface area contributed by atoms with Crippen LogP contribution in [0.4, 0.5) is 0 Å². The second-order valence-corrected chi connectivity index (χ2v) is 5.80. The summed E-state index contributed by atoms with van der Waals surface area (Å²) in [6.07, 6.45) is -2.78. The average Bonchev–Trinajstić information content (AvgIpc) is 3.04. The van der Waals surface area contributed by atoms with Crippen molar-refractivity contribution in [3.8, 4) is 0 Å². The van der Waals surface area contributed by atoms with Crippen LogP contribution in [0.5, 0.6) is 0 Å². The number of hydrogen-bond donors (Lipinski definition) is 1. The van der Waals surface area contributed by atoms with Crippen LogP contribution < -0.4 is 0 Å². The summed E-state index contributed by atoms with van der Waals surface area (Å²) < 4.78 is 20.4. The van der Waals surface area contributed by atoms with Gasteiger partial charge in [-0.15, -0.1) is 0 Å². The van der Waals surface area contributed by atoms with E-state index in [1.807, 2.05) is 0 Å². The molecule has 1 rings (SSSR count). The highest BCUT2D eigenvalue weighted by atomic mass is 16.6. The van der Waals surface area contributed by atoms with Crippen LogP contribution in [0.2, 0.25) is 0 Å². The summed E-state index contributed by atoms with van der Waals surface area (Å²) in [7, 11) is 0. The van der Waals surface area contributed by atoms with Gasteiger partial charge < -0.3 is 23.9 Å². The van der Waals surface area contributed by atoms with Crippen LogP contribution >= 0.6 is 0 Å². The first-order chi connectivity index (χ1) is 13.0. The van der Waals surface area contributed by atoms with Gasteiger partial charge in [-0.2, -0.15) is 0 Å². The fraction of sp³-hybridized carbons (Fsp3) is 0.529. The molecule has 0 aliphatic rings. The molecule has 1 aromatic heterocycles. The van der Waals surface area contributed by atoms with E-state index < -0.39 is 48.8 Å². The first kappa shape index (κ1) is 22.8. The van der Waals surface area contributed by atoms with Crippen LogP contribution in [0.3, 0.4) is 0 Å². The normalized spacial score (nSPS) is 13.6. The Morgan fingerprint density at radius 3 is 1.89 bits per heavy atom. The van der Waals surface area contributed by atoms with Crippen LogP contribution in [0.1, 0.15) is 57.0 Å². The molecule has 0 spiro atoms. The van der Waals surface area contributed by atoms with Gasteiger partial charge in [0.1, 0.15) is 6.61 Å². The molecule has 0 fully saturated rings. The van der Waals surface area contributed by atoms with Crippen molar-refractivity contribution in [2.45, 2.75) is 52.9 Å². The Balaban J connectivity index is 3.36. The molecule has 1 N–H and O–H groups in total. The number of rotatable bonds is 9. The van der Waals surface area contributed by atoms with E-state index in [-0.39, 0.29) is 17.3 Å². The average molecular weight is 398 g/mol. The minimum absolute atomic E-state index is 0.0160. The van der Waals surface area contributed by atoms with Gasteiger partial charge in [-0.3, -0.25) is 24.0 Å². The van der Waals surface area contributed by atoms with E-state index in [4.69, 9.17) is 18.9 Å². The molecule has 0 radical (unpaired) electrons. The Bertz CT molecular complexity index is 756. The van der Waals surface area contributed by atoms with Crippen molar-refractivity contribution in [1.82, 2.24) is 9.97 Å². The van der Waals surface area contributed by atoms with Crippen LogP contribution in [-0.2, 0) is 38.1 Å². The number of hydrogen-bond acceptors (Lipinski definition) is 10. The third kappa shape index (κ3) is 7.17. The predicted molar refractivity (Wildman–Crippen MR) is 90.8 cm³/mol. The van der Waals surface area contributed by atoms with Gasteiger partial charge >= 0.3 is 23.9 Å². The van der Waals surface area contributed by atoms with Crippen LogP contribution in [0.15, 0.2) is 6.20 Å². The van der Waals surface area contributed by atoms with Gasteiger partial charge in [0.05, 0.1) is 11.9 Å². The molecule has 0 aromatic carbocycles. The minimum atomic E-state index is -1.38. The molecule has 0 bridgehead atoms. The van der Waals surface area contributed by atoms with Gasteiger partial charge in [0.15, 0.2) is 29.9 Å². The summed E-state index contributed by atoms with van der Waals surface area (Å²) >= 11 is 0. The van der Waals surface area contributed by atoms with Crippen molar-refractivity contribution >= 4 is 29.7 Å². The zero-order valence-electron chi connectivity index (χ0n) is 16.1.